The highest BCUT2D eigenvalue weighted by Crippen LogP contribution is 2.20. The van der Waals surface area contributed by atoms with Crippen molar-refractivity contribution >= 4 is 15.9 Å². The molecule has 2 aromatic heterocycles. The molecule has 0 spiro atoms. The zero-order chi connectivity index (χ0) is 19.6. The number of nitrogens with one attached hydrogen (secondary N) is 3. The number of pyridine rings is 1. The van der Waals surface area contributed by atoms with Crippen LogP contribution in [0.3, 0.4) is 0 Å². The Balaban J connectivity index is 1.97. The minimum atomic E-state index is -3.64. The second kappa shape index (κ2) is 7.06. The van der Waals surface area contributed by atoms with Gasteiger partial charge in [-0.3, -0.25) is 14.6 Å². The number of nitrogens with zero attached hydrogens (tertiary/aromatic N) is 3. The van der Waals surface area contributed by atoms with Crippen LogP contribution >= 0.6 is 0 Å². The number of H-pyrrole nitrogens is 1. The van der Waals surface area contributed by atoms with E-state index in [0.29, 0.717) is 28.2 Å². The lowest BCUT2D eigenvalue weighted by Crippen LogP contribution is -2.26. The van der Waals surface area contributed by atoms with Gasteiger partial charge in [0.05, 0.1) is 29.1 Å². The van der Waals surface area contributed by atoms with Crippen LogP contribution in [0.4, 0.5) is 5.69 Å². The Morgan fingerprint density at radius 1 is 1.19 bits per heavy atom. The van der Waals surface area contributed by atoms with Crippen molar-refractivity contribution in [2.45, 2.75) is 6.92 Å². The van der Waals surface area contributed by atoms with Gasteiger partial charge in [0.25, 0.3) is 15.8 Å². The summed E-state index contributed by atoms with van der Waals surface area (Å²) in [5.41, 5.74) is 2.27. The molecule has 27 heavy (non-hydrogen) atoms. The maximum Gasteiger partial charge on any atom is 0.298 e. The first kappa shape index (κ1) is 18.4. The molecule has 10 heteroatoms. The molecule has 0 aliphatic rings. The van der Waals surface area contributed by atoms with Crippen LogP contribution in [0.2, 0.25) is 0 Å². The number of anilines is 1. The molecule has 0 bridgehead atoms. The third kappa shape index (κ3) is 3.74. The van der Waals surface area contributed by atoms with E-state index in [1.165, 1.54) is 30.1 Å². The van der Waals surface area contributed by atoms with Crippen LogP contribution in [0.1, 0.15) is 11.3 Å². The summed E-state index contributed by atoms with van der Waals surface area (Å²) in [7, 11) is -2.35. The van der Waals surface area contributed by atoms with Gasteiger partial charge in [-0.25, -0.2) is 14.4 Å². The first-order valence-corrected chi connectivity index (χ1v) is 9.33. The summed E-state index contributed by atoms with van der Waals surface area (Å²) in [6, 6.07) is 11.8. The largest absolute Gasteiger partial charge is 0.298 e. The highest BCUT2D eigenvalue weighted by atomic mass is 32.2. The van der Waals surface area contributed by atoms with Gasteiger partial charge in [0.1, 0.15) is 0 Å². The average molecular weight is 384 g/mol. The molecule has 0 amide bonds. The van der Waals surface area contributed by atoms with Gasteiger partial charge >= 0.3 is 0 Å². The number of aromatic nitrogens is 3. The van der Waals surface area contributed by atoms with Gasteiger partial charge in [0, 0.05) is 12.7 Å². The number of aromatic amines is 1. The monoisotopic (exact) mass is 384 g/mol. The van der Waals surface area contributed by atoms with E-state index < -0.39 is 10.2 Å². The molecule has 0 aliphatic carbocycles. The fourth-order valence-electron chi connectivity index (χ4n) is 2.54. The molecule has 1 aromatic carbocycles. The van der Waals surface area contributed by atoms with Crippen molar-refractivity contribution in [3.63, 3.8) is 0 Å². The maximum atomic E-state index is 12.8. The van der Waals surface area contributed by atoms with Crippen LogP contribution in [0.5, 0.6) is 0 Å². The first-order chi connectivity index (χ1) is 12.8. The SMILES string of the molecule is CNS(=O)(=O)Nc1ccc(-n2[nH]c(C)c(-c3ccc(C#N)cc3)c2=O)nc1. The standard InChI is InChI=1S/C17H16N6O3S/c1-11-16(13-5-3-12(9-18)4-6-13)17(24)23(21-11)15-8-7-14(10-20-15)22-27(25,26)19-2/h3-8,10,19,21-22H,1-2H3. The molecule has 0 radical (unpaired) electrons. The van der Waals surface area contributed by atoms with E-state index in [1.54, 1.807) is 31.2 Å². The molecular weight excluding hydrogens is 368 g/mol. The van der Waals surface area contributed by atoms with Crippen LogP contribution in [0.25, 0.3) is 16.9 Å². The Bertz CT molecular complexity index is 1170. The van der Waals surface area contributed by atoms with Gasteiger partial charge in [-0.2, -0.15) is 13.7 Å². The lowest BCUT2D eigenvalue weighted by Gasteiger charge is -2.06. The molecule has 0 aliphatic heterocycles. The van der Waals surface area contributed by atoms with E-state index in [1.807, 2.05) is 6.07 Å². The van der Waals surface area contributed by atoms with Crippen molar-refractivity contribution in [1.29, 1.82) is 5.26 Å². The quantitative estimate of drug-likeness (QED) is 0.609. The predicted molar refractivity (Wildman–Crippen MR) is 101 cm³/mol. The van der Waals surface area contributed by atoms with E-state index in [-0.39, 0.29) is 11.2 Å². The molecule has 3 rings (SSSR count). The van der Waals surface area contributed by atoms with Crippen LogP contribution in [0, 0.1) is 18.3 Å². The Morgan fingerprint density at radius 3 is 2.44 bits per heavy atom. The van der Waals surface area contributed by atoms with E-state index in [4.69, 9.17) is 5.26 Å². The van der Waals surface area contributed by atoms with Crippen LogP contribution in [-0.2, 0) is 10.2 Å². The van der Waals surface area contributed by atoms with Gasteiger partial charge in [-0.15, -0.1) is 0 Å². The summed E-state index contributed by atoms with van der Waals surface area (Å²) >= 11 is 0. The van der Waals surface area contributed by atoms with Gasteiger partial charge in [0.2, 0.25) is 0 Å². The van der Waals surface area contributed by atoms with E-state index in [0.717, 1.165) is 0 Å². The Morgan fingerprint density at radius 2 is 1.89 bits per heavy atom. The molecule has 2 heterocycles. The first-order valence-electron chi connectivity index (χ1n) is 7.84. The average Bonchev–Trinajstić information content (AvgIpc) is 2.96. The lowest BCUT2D eigenvalue weighted by atomic mass is 10.1. The highest BCUT2D eigenvalue weighted by Gasteiger charge is 2.15. The van der Waals surface area contributed by atoms with Gasteiger partial charge in [-0.05, 0) is 36.8 Å². The van der Waals surface area contributed by atoms with Gasteiger partial charge in [0.15, 0.2) is 5.82 Å². The van der Waals surface area contributed by atoms with Crippen LogP contribution < -0.4 is 15.0 Å². The molecule has 9 nitrogen and oxygen atoms in total. The molecule has 0 saturated carbocycles. The number of nitriles is 1. The normalized spacial score (nSPS) is 11.1. The van der Waals surface area contributed by atoms with Crippen molar-refractivity contribution in [3.05, 3.63) is 64.2 Å². The highest BCUT2D eigenvalue weighted by molar-refractivity contribution is 7.90. The summed E-state index contributed by atoms with van der Waals surface area (Å²) in [5, 5.41) is 11.9. The fraction of sp³-hybridized carbons (Fsp3) is 0.118. The molecule has 3 aromatic rings. The Kier molecular flexibility index (Phi) is 4.81. The van der Waals surface area contributed by atoms with Crippen molar-refractivity contribution < 1.29 is 8.42 Å². The van der Waals surface area contributed by atoms with Gasteiger partial charge < -0.3 is 0 Å². The van der Waals surface area contributed by atoms with Gasteiger partial charge in [-0.1, -0.05) is 12.1 Å². The van der Waals surface area contributed by atoms with Crippen molar-refractivity contribution in [2.24, 2.45) is 0 Å². The Hall–Kier alpha value is -3.42. The van der Waals surface area contributed by atoms with E-state index in [2.05, 4.69) is 19.5 Å². The second-order valence-electron chi connectivity index (χ2n) is 5.66. The smallest absolute Gasteiger partial charge is 0.293 e. The number of hydrogen-bond acceptors (Lipinski definition) is 5. The van der Waals surface area contributed by atoms with Crippen molar-refractivity contribution in [3.8, 4) is 23.0 Å². The third-order valence-electron chi connectivity index (χ3n) is 3.87. The maximum absolute atomic E-state index is 12.8. The van der Waals surface area contributed by atoms with E-state index >= 15 is 0 Å². The Labute approximate surface area is 155 Å². The molecule has 138 valence electrons. The summed E-state index contributed by atoms with van der Waals surface area (Å²) in [6.45, 7) is 1.76. The molecular formula is C17H16N6O3S. The molecule has 3 N–H and O–H groups in total. The molecule has 0 unspecified atom stereocenters. The summed E-state index contributed by atoms with van der Waals surface area (Å²) < 4.78 is 28.7. The number of hydrogen-bond donors (Lipinski definition) is 3. The summed E-state index contributed by atoms with van der Waals surface area (Å²) in [5.74, 6) is 0.315. The fourth-order valence-corrected chi connectivity index (χ4v) is 3.08. The van der Waals surface area contributed by atoms with Crippen LogP contribution in [-0.4, -0.2) is 30.2 Å². The number of benzene rings is 1. The number of rotatable bonds is 5. The second-order valence-corrected chi connectivity index (χ2v) is 7.28. The van der Waals surface area contributed by atoms with Crippen molar-refractivity contribution in [2.75, 3.05) is 11.8 Å². The topological polar surface area (TPSA) is 133 Å². The summed E-state index contributed by atoms with van der Waals surface area (Å²) in [4.78, 5) is 16.9. The zero-order valence-corrected chi connectivity index (χ0v) is 15.3. The minimum Gasteiger partial charge on any atom is -0.293 e. The zero-order valence-electron chi connectivity index (χ0n) is 14.5. The lowest BCUT2D eigenvalue weighted by molar-refractivity contribution is 0.593. The van der Waals surface area contributed by atoms with Crippen LogP contribution in [0.15, 0.2) is 47.4 Å². The van der Waals surface area contributed by atoms with Crippen molar-refractivity contribution in [1.82, 2.24) is 19.5 Å². The molecule has 0 atom stereocenters. The minimum absolute atomic E-state index is 0.261. The predicted octanol–water partition coefficient (Wildman–Crippen LogP) is 1.28. The summed E-state index contributed by atoms with van der Waals surface area (Å²) in [6.07, 6.45) is 1.31. The number of aryl methyl sites for hydroxylation is 1. The molecule has 0 fully saturated rings. The molecule has 0 saturated heterocycles. The van der Waals surface area contributed by atoms with E-state index in [9.17, 15) is 13.2 Å². The third-order valence-corrected chi connectivity index (χ3v) is 4.91.